The molecule has 0 aliphatic carbocycles. The van der Waals surface area contributed by atoms with E-state index < -0.39 is 10.0 Å². The molecule has 1 rings (SSSR count). The van der Waals surface area contributed by atoms with E-state index in [2.05, 4.69) is 0 Å². The van der Waals surface area contributed by atoms with Gasteiger partial charge in [-0.05, 0) is 19.4 Å². The zero-order valence-electron chi connectivity index (χ0n) is 12.6. The zero-order chi connectivity index (χ0) is 16.0. The summed E-state index contributed by atoms with van der Waals surface area (Å²) in [4.78, 5) is 0.221. The molecule has 1 atom stereocenters. The summed E-state index contributed by atoms with van der Waals surface area (Å²) in [6.07, 6.45) is 0.707. The minimum absolute atomic E-state index is 0.0741. The van der Waals surface area contributed by atoms with Gasteiger partial charge in [0.25, 0.3) is 0 Å². The number of sulfonamides is 1. The third kappa shape index (κ3) is 4.23. The number of nitrogens with two attached hydrogens (primary N) is 1. The van der Waals surface area contributed by atoms with Gasteiger partial charge in [-0.15, -0.1) is 0 Å². The van der Waals surface area contributed by atoms with Gasteiger partial charge < -0.3 is 10.5 Å². The van der Waals surface area contributed by atoms with E-state index in [1.165, 1.54) is 10.4 Å². The summed E-state index contributed by atoms with van der Waals surface area (Å²) in [6, 6.07) is 6.41. The van der Waals surface area contributed by atoms with Crippen molar-refractivity contribution in [3.63, 3.8) is 0 Å². The summed E-state index contributed by atoms with van der Waals surface area (Å²) in [5.74, 6) is 0. The van der Waals surface area contributed by atoms with E-state index in [1.54, 1.807) is 25.3 Å². The number of nitrogens with zero attached hydrogens (tertiary/aromatic N) is 1. The Kier molecular flexibility index (Phi) is 6.73. The maximum absolute atomic E-state index is 12.9. The molecule has 0 amide bonds. The molecule has 1 unspecified atom stereocenters. The average molecular weight is 330 g/mol. The van der Waals surface area contributed by atoms with Crippen LogP contribution in [-0.2, 0) is 14.8 Å². The van der Waals surface area contributed by atoms with Crippen molar-refractivity contribution in [3.05, 3.63) is 29.8 Å². The van der Waals surface area contributed by atoms with Gasteiger partial charge in [0, 0.05) is 25.3 Å². The molecule has 0 saturated carbocycles. The molecule has 7 heteroatoms. The van der Waals surface area contributed by atoms with Gasteiger partial charge in [-0.3, -0.25) is 0 Å². The van der Waals surface area contributed by atoms with E-state index in [1.807, 2.05) is 13.8 Å². The van der Waals surface area contributed by atoms with Crippen molar-refractivity contribution < 1.29 is 13.2 Å². The Bertz CT molecular complexity index is 588. The lowest BCUT2D eigenvalue weighted by molar-refractivity contribution is 0.167. The number of thiocarbonyl (C=S) groups is 1. The molecule has 0 fully saturated rings. The van der Waals surface area contributed by atoms with E-state index in [-0.39, 0.29) is 15.9 Å². The van der Waals surface area contributed by atoms with Crippen molar-refractivity contribution in [2.75, 3.05) is 20.3 Å². The Balaban J connectivity index is 3.32. The molecule has 0 aliphatic heterocycles. The van der Waals surface area contributed by atoms with Gasteiger partial charge in [-0.25, -0.2) is 8.42 Å². The summed E-state index contributed by atoms with van der Waals surface area (Å²) < 4.78 is 32.3. The quantitative estimate of drug-likeness (QED) is 0.735. The minimum Gasteiger partial charge on any atom is -0.389 e. The van der Waals surface area contributed by atoms with E-state index in [9.17, 15) is 8.42 Å². The van der Waals surface area contributed by atoms with E-state index >= 15 is 0 Å². The number of hydrogen-bond acceptors (Lipinski definition) is 4. The van der Waals surface area contributed by atoms with Gasteiger partial charge in [0.05, 0.1) is 11.5 Å². The lowest BCUT2D eigenvalue weighted by atomic mass is 10.2. The smallest absolute Gasteiger partial charge is 0.244 e. The summed E-state index contributed by atoms with van der Waals surface area (Å²) in [7, 11) is -2.13. The highest BCUT2D eigenvalue weighted by molar-refractivity contribution is 7.89. The molecule has 118 valence electrons. The summed E-state index contributed by atoms with van der Waals surface area (Å²) in [5, 5.41) is 0. The highest BCUT2D eigenvalue weighted by Crippen LogP contribution is 2.23. The van der Waals surface area contributed by atoms with Crippen molar-refractivity contribution in [3.8, 4) is 0 Å². The highest BCUT2D eigenvalue weighted by Gasteiger charge is 2.30. The van der Waals surface area contributed by atoms with Crippen LogP contribution in [0.2, 0.25) is 0 Å². The molecular formula is C14H22N2O3S2. The molecule has 0 radical (unpaired) electrons. The second kappa shape index (κ2) is 7.84. The second-order valence-electron chi connectivity index (χ2n) is 4.73. The van der Waals surface area contributed by atoms with Crippen LogP contribution in [0.5, 0.6) is 0 Å². The number of benzene rings is 1. The second-order valence-corrected chi connectivity index (χ2v) is 7.03. The Labute approximate surface area is 132 Å². The van der Waals surface area contributed by atoms with Gasteiger partial charge in [0.15, 0.2) is 0 Å². The predicted molar refractivity (Wildman–Crippen MR) is 87.9 cm³/mol. The number of methoxy groups -OCH3 is 1. The summed E-state index contributed by atoms with van der Waals surface area (Å²) >= 11 is 4.96. The molecule has 0 saturated heterocycles. The molecule has 0 heterocycles. The average Bonchev–Trinajstić information content (AvgIpc) is 2.47. The molecule has 0 spiro atoms. The van der Waals surface area contributed by atoms with Crippen LogP contribution in [0, 0.1) is 0 Å². The lowest BCUT2D eigenvalue weighted by Crippen LogP contribution is -2.41. The van der Waals surface area contributed by atoms with E-state index in [4.69, 9.17) is 22.7 Å². The first-order valence-electron chi connectivity index (χ1n) is 6.75. The van der Waals surface area contributed by atoms with Gasteiger partial charge in [0.1, 0.15) is 4.99 Å². The first-order chi connectivity index (χ1) is 9.86. The van der Waals surface area contributed by atoms with Gasteiger partial charge in [-0.2, -0.15) is 4.31 Å². The van der Waals surface area contributed by atoms with E-state index in [0.717, 1.165) is 0 Å². The summed E-state index contributed by atoms with van der Waals surface area (Å²) in [6.45, 7) is 4.44. The fourth-order valence-corrected chi connectivity index (χ4v) is 4.12. The fourth-order valence-electron chi connectivity index (χ4n) is 1.98. The molecular weight excluding hydrogens is 308 g/mol. The topological polar surface area (TPSA) is 72.6 Å². The molecule has 21 heavy (non-hydrogen) atoms. The molecule has 2 N–H and O–H groups in total. The first-order valence-corrected chi connectivity index (χ1v) is 8.60. The molecule has 0 bridgehead atoms. The number of rotatable bonds is 8. The SMILES string of the molecule is CCC(C)N(CCOC)S(=O)(=O)c1ccccc1C(N)=S. The third-order valence-corrected chi connectivity index (χ3v) is 5.63. The normalized spacial score (nSPS) is 13.3. The van der Waals surface area contributed by atoms with Gasteiger partial charge in [-0.1, -0.05) is 37.3 Å². The van der Waals surface area contributed by atoms with Crippen molar-refractivity contribution in [1.82, 2.24) is 4.31 Å². The van der Waals surface area contributed by atoms with Gasteiger partial charge >= 0.3 is 0 Å². The first kappa shape index (κ1) is 18.0. The maximum atomic E-state index is 12.9. The van der Waals surface area contributed by atoms with Crippen molar-refractivity contribution in [1.29, 1.82) is 0 Å². The van der Waals surface area contributed by atoms with Crippen LogP contribution in [0.4, 0.5) is 0 Å². The van der Waals surface area contributed by atoms with Crippen LogP contribution < -0.4 is 5.73 Å². The zero-order valence-corrected chi connectivity index (χ0v) is 14.2. The van der Waals surface area contributed by atoms with Crippen molar-refractivity contribution in [2.45, 2.75) is 31.2 Å². The van der Waals surface area contributed by atoms with Crippen molar-refractivity contribution >= 4 is 27.2 Å². The Morgan fingerprint density at radius 2 is 2.05 bits per heavy atom. The van der Waals surface area contributed by atoms with Crippen LogP contribution in [0.25, 0.3) is 0 Å². The fraction of sp³-hybridized carbons (Fsp3) is 0.500. The standard InChI is InChI=1S/C14H22N2O3S2/c1-4-11(2)16(9-10-19-3)21(17,18)13-8-6-5-7-12(13)14(15)20/h5-8,11H,4,9-10H2,1-3H3,(H2,15,20). The molecule has 1 aromatic carbocycles. The van der Waals surface area contributed by atoms with Gasteiger partial charge in [0.2, 0.25) is 10.0 Å². The predicted octanol–water partition coefficient (Wildman–Crippen LogP) is 1.76. The van der Waals surface area contributed by atoms with Crippen LogP contribution in [0.3, 0.4) is 0 Å². The number of ether oxygens (including phenoxy) is 1. The molecule has 0 aromatic heterocycles. The Morgan fingerprint density at radius 3 is 2.57 bits per heavy atom. The highest BCUT2D eigenvalue weighted by atomic mass is 32.2. The monoisotopic (exact) mass is 330 g/mol. The number of hydrogen-bond donors (Lipinski definition) is 1. The largest absolute Gasteiger partial charge is 0.389 e. The molecule has 0 aliphatic rings. The van der Waals surface area contributed by atoms with Crippen LogP contribution >= 0.6 is 12.2 Å². The third-order valence-electron chi connectivity index (χ3n) is 3.34. The Morgan fingerprint density at radius 1 is 1.43 bits per heavy atom. The molecule has 5 nitrogen and oxygen atoms in total. The minimum atomic E-state index is -3.67. The van der Waals surface area contributed by atoms with Crippen LogP contribution in [0.15, 0.2) is 29.2 Å². The van der Waals surface area contributed by atoms with Crippen molar-refractivity contribution in [2.24, 2.45) is 5.73 Å². The van der Waals surface area contributed by atoms with Crippen LogP contribution in [0.1, 0.15) is 25.8 Å². The Hall–Kier alpha value is -1.02. The summed E-state index contributed by atoms with van der Waals surface area (Å²) in [5.41, 5.74) is 6.02. The van der Waals surface area contributed by atoms with Crippen LogP contribution in [-0.4, -0.2) is 44.0 Å². The molecule has 1 aromatic rings. The van der Waals surface area contributed by atoms with E-state index in [0.29, 0.717) is 25.1 Å². The maximum Gasteiger partial charge on any atom is 0.244 e. The lowest BCUT2D eigenvalue weighted by Gasteiger charge is -2.28.